The van der Waals surface area contributed by atoms with Gasteiger partial charge >= 0.3 is 42.7 Å². The van der Waals surface area contributed by atoms with Crippen LogP contribution in [0.5, 0.6) is 0 Å². The zero-order valence-electron chi connectivity index (χ0n) is 67.0. The summed E-state index contributed by atoms with van der Waals surface area (Å²) < 4.78 is 166. The Bertz CT molecular complexity index is 5320. The number of alkyl halides is 9. The molecule has 30 nitrogen and oxygen atoms in total. The van der Waals surface area contributed by atoms with Gasteiger partial charge in [0.2, 0.25) is 0 Å². The van der Waals surface area contributed by atoms with Gasteiger partial charge in [-0.2, -0.15) is 39.5 Å². The Morgan fingerprint density at radius 1 is 0.408 bits per heavy atom. The van der Waals surface area contributed by atoms with Gasteiger partial charge in [-0.25, -0.2) is 76.6 Å². The minimum Gasteiger partial charge on any atom is -0.396 e. The summed E-state index contributed by atoms with van der Waals surface area (Å²) in [5, 5.41) is 28.6. The van der Waals surface area contributed by atoms with Crippen molar-refractivity contribution in [1.29, 1.82) is 0 Å². The zero-order valence-corrected chi connectivity index (χ0v) is 67.0. The molecule has 0 saturated carbocycles. The molecule has 16 heterocycles. The lowest BCUT2D eigenvalue weighted by Crippen LogP contribution is -2.48. The highest BCUT2D eigenvalue weighted by molar-refractivity contribution is 6.09. The standard InChI is InChI=1S/C22H26FN5O2.2C20H19F4N5O3.C20H19F4N5O2/c1-13(2)14(3)10-19(29)17-5-6-18-21(25-17)28(16-8-9-27(18)12-16)22(30)26-20-7-4-15(23)11-24-20;21-11-1-6-17(25-9-11)27-19(32)29-12-7-8-28(10-12)14-3-2-13(26-18(14)29)15(30)4-5-16(31)20(22,23)24;21-12-1-4-17(25-8-12)27-19(32)29-13-5-6-28(9-13)15-3-2-14(26-18(15)29)16(31)7-11(10-30)20(22,23)24;21-12-3-6-17(25-10-12)27-19(31)29-13-7-9-28(11-13)15-5-4-14(26-18(15)29)16(30)2-1-8-20(22,23)24/h4-7,11,13-14,16H,8-10,12H2,1-3H3,(H,24,26,30);1-3,6,9,12,16,31H,4-5,7-8,10H2,(H,25,27,32);1-4,8,11,13,30H,5-7,9-10H2,(H,25,27,32);3-6,10,13H,1-2,7-9,11H2,(H,25,27,31)/t14-,16-;12-,16-;11-,13+;13-/m0010/s1. The van der Waals surface area contributed by atoms with Crippen LogP contribution in [0.1, 0.15) is 133 Å². The van der Waals surface area contributed by atoms with Crippen LogP contribution in [0.25, 0.3) is 0 Å². The number of rotatable bonds is 20. The number of aliphatic hydroxyl groups excluding tert-OH is 2. The Morgan fingerprint density at radius 3 is 0.968 bits per heavy atom. The molecule has 662 valence electrons. The Balaban J connectivity index is 0.000000143. The average Bonchev–Trinajstić information content (AvgIpc) is 1.66. The number of aliphatic hydroxyl groups is 2. The van der Waals surface area contributed by atoms with Crippen LogP contribution >= 0.6 is 0 Å². The topological polar surface area (TPSA) is 354 Å². The third-order valence-corrected chi connectivity index (χ3v) is 22.3. The molecule has 0 radical (unpaired) electrons. The lowest BCUT2D eigenvalue weighted by atomic mass is 9.92. The van der Waals surface area contributed by atoms with Crippen molar-refractivity contribution < 1.29 is 106 Å². The van der Waals surface area contributed by atoms with E-state index in [-0.39, 0.29) is 113 Å². The number of hydrogen-bond donors (Lipinski definition) is 6. The first-order valence-corrected chi connectivity index (χ1v) is 39.9. The number of amides is 8. The van der Waals surface area contributed by atoms with Crippen LogP contribution in [0.3, 0.4) is 0 Å². The second-order valence-electron chi connectivity index (χ2n) is 31.2. The molecule has 6 N–H and O–H groups in total. The molecule has 43 heteroatoms. The summed E-state index contributed by atoms with van der Waals surface area (Å²) in [6.45, 7) is 10.3. The highest BCUT2D eigenvalue weighted by Gasteiger charge is 2.47. The van der Waals surface area contributed by atoms with Crippen molar-refractivity contribution in [2.75, 3.05) is 119 Å². The summed E-state index contributed by atoms with van der Waals surface area (Å²) in [5.41, 5.74) is 2.77. The summed E-state index contributed by atoms with van der Waals surface area (Å²) in [7, 11) is 0. The molecule has 16 rings (SSSR count). The van der Waals surface area contributed by atoms with Crippen molar-refractivity contribution in [1.82, 2.24) is 39.9 Å². The van der Waals surface area contributed by atoms with E-state index in [1.165, 1.54) is 69.3 Å². The number of hydrogen-bond acceptors (Lipinski definition) is 22. The van der Waals surface area contributed by atoms with Gasteiger partial charge in [-0.3, -0.25) is 60.0 Å². The van der Waals surface area contributed by atoms with Crippen LogP contribution in [-0.4, -0.2) is 205 Å². The Hall–Kier alpha value is -12.8. The monoisotopic (exact) mass is 1750 g/mol. The van der Waals surface area contributed by atoms with Crippen LogP contribution in [-0.2, 0) is 0 Å². The van der Waals surface area contributed by atoms with Gasteiger partial charge in [-0.05, 0) is 147 Å². The number of carbonyl (C=O) groups excluding carboxylic acids is 8. The fraction of sp³-hybridized carbons (Fsp3) is 0.415. The SMILES string of the molecule is CC(C)[C@@H](C)CC(=O)c1ccc2c(n1)N(C(=O)Nc1ccc(F)cn1)[C@H]1CCN2C1.O=C(CCCC(F)(F)F)c1ccc2c(n1)N(C(=O)Nc1ccc(F)cn1)[C@H]1CCN2C1.O=C(CC[C@H](O)C(F)(F)F)c1ccc2c(n1)N(C(=O)Nc1ccc(F)cn1)[C@H]1CCN2C1.O=C(C[C@H](CO)C(F)(F)F)c1ccc2c(n1)N(C(=O)Nc1ccc(F)cn1)[C@H]1CCN2C1. The third-order valence-electron chi connectivity index (χ3n) is 22.3. The molecule has 0 spiro atoms. The van der Waals surface area contributed by atoms with Crippen molar-refractivity contribution in [3.05, 3.63) is 168 Å². The predicted octanol–water partition coefficient (Wildman–Crippen LogP) is 14.4. The molecule has 4 fully saturated rings. The molecular weight excluding hydrogens is 1670 g/mol. The molecule has 0 unspecified atom stereocenters. The second kappa shape index (κ2) is 37.7. The van der Waals surface area contributed by atoms with Crippen LogP contribution in [0.2, 0.25) is 0 Å². The Morgan fingerprint density at radius 2 is 0.704 bits per heavy atom. The van der Waals surface area contributed by atoms with E-state index in [0.717, 1.165) is 62.1 Å². The maximum atomic E-state index is 13.1. The number of nitrogens with zero attached hydrogens (tertiary/aromatic N) is 16. The smallest absolute Gasteiger partial charge is 0.396 e. The van der Waals surface area contributed by atoms with Gasteiger partial charge in [0.25, 0.3) is 0 Å². The van der Waals surface area contributed by atoms with E-state index < -0.39 is 122 Å². The van der Waals surface area contributed by atoms with Crippen LogP contribution in [0.4, 0.5) is 146 Å². The van der Waals surface area contributed by atoms with Crippen molar-refractivity contribution in [3.8, 4) is 0 Å². The number of ketones is 4. The molecule has 4 saturated heterocycles. The number of aromatic nitrogens is 8. The van der Waals surface area contributed by atoms with Crippen molar-refractivity contribution in [3.63, 3.8) is 0 Å². The van der Waals surface area contributed by atoms with Gasteiger partial charge in [-0.15, -0.1) is 0 Å². The maximum absolute atomic E-state index is 13.1. The number of carbonyl (C=O) groups is 8. The van der Waals surface area contributed by atoms with E-state index >= 15 is 0 Å². The molecule has 0 aliphatic carbocycles. The number of pyridine rings is 8. The minimum absolute atomic E-state index is 0.0149. The average molecular weight is 1760 g/mol. The molecule has 8 aliphatic heterocycles. The molecule has 0 aromatic carbocycles. The number of nitrogens with one attached hydrogen (secondary N) is 4. The largest absolute Gasteiger partial charge is 0.414 e. The summed E-state index contributed by atoms with van der Waals surface area (Å²) in [6.07, 6.45) is -13.2. The van der Waals surface area contributed by atoms with Gasteiger partial charge in [0, 0.05) is 84.5 Å². The molecule has 8 bridgehead atoms. The Labute approximate surface area is 704 Å². The van der Waals surface area contributed by atoms with E-state index in [9.17, 15) is 95.4 Å². The van der Waals surface area contributed by atoms with Gasteiger partial charge in [0.15, 0.2) is 46.4 Å². The molecular formula is C82H83F13N20O10. The number of anilines is 12. The summed E-state index contributed by atoms with van der Waals surface area (Å²) in [4.78, 5) is 149. The van der Waals surface area contributed by atoms with E-state index in [2.05, 4.69) is 86.8 Å². The van der Waals surface area contributed by atoms with Gasteiger partial charge < -0.3 is 29.8 Å². The first-order valence-electron chi connectivity index (χ1n) is 39.9. The van der Waals surface area contributed by atoms with Crippen molar-refractivity contribution in [2.24, 2.45) is 17.8 Å². The second-order valence-corrected chi connectivity index (χ2v) is 31.2. The first-order chi connectivity index (χ1) is 59.3. The normalized spacial score (nSPS) is 18.1. The van der Waals surface area contributed by atoms with E-state index in [1.54, 1.807) is 29.2 Å². The molecule has 125 heavy (non-hydrogen) atoms. The lowest BCUT2D eigenvalue weighted by Gasteiger charge is -2.35. The number of Topliss-reactive ketones (excluding diaryl/α,β-unsaturated/α-hetero) is 4. The van der Waals surface area contributed by atoms with Crippen LogP contribution in [0.15, 0.2) is 122 Å². The fourth-order valence-corrected chi connectivity index (χ4v) is 15.4. The Kier molecular flexibility index (Phi) is 27.1. The maximum Gasteiger partial charge on any atom is 0.414 e. The highest BCUT2D eigenvalue weighted by Crippen LogP contribution is 2.45. The zero-order chi connectivity index (χ0) is 89.7. The first kappa shape index (κ1) is 89.9. The molecule has 8 aromatic heterocycles. The van der Waals surface area contributed by atoms with Crippen molar-refractivity contribution in [2.45, 2.75) is 140 Å². The van der Waals surface area contributed by atoms with E-state index in [1.807, 2.05) is 20.8 Å². The molecule has 8 aromatic rings. The predicted molar refractivity (Wildman–Crippen MR) is 431 cm³/mol. The number of urea groups is 4. The molecule has 8 aliphatic rings. The lowest BCUT2D eigenvalue weighted by molar-refractivity contribution is -0.205. The summed E-state index contributed by atoms with van der Waals surface area (Å²) in [5.74, 6) is -3.99. The van der Waals surface area contributed by atoms with E-state index in [4.69, 9.17) is 10.2 Å². The quantitative estimate of drug-likeness (QED) is 0.0305. The van der Waals surface area contributed by atoms with Crippen LogP contribution < -0.4 is 60.5 Å². The van der Waals surface area contributed by atoms with Gasteiger partial charge in [0.05, 0.1) is 84.2 Å². The third kappa shape index (κ3) is 21.3. The van der Waals surface area contributed by atoms with Crippen molar-refractivity contribution >= 4 is 117 Å². The molecule has 8 amide bonds. The van der Waals surface area contributed by atoms with Crippen LogP contribution in [0, 0.1) is 41.0 Å². The van der Waals surface area contributed by atoms with Gasteiger partial charge in [-0.1, -0.05) is 20.8 Å². The highest BCUT2D eigenvalue weighted by atomic mass is 19.4. The number of fused-ring (bicyclic) bond motifs is 16. The van der Waals surface area contributed by atoms with E-state index in [0.29, 0.717) is 99.4 Å². The summed E-state index contributed by atoms with van der Waals surface area (Å²) >= 11 is 0. The number of halogens is 13. The fourth-order valence-electron chi connectivity index (χ4n) is 15.4. The van der Waals surface area contributed by atoms with Gasteiger partial charge in [0.1, 0.15) is 75.4 Å². The minimum atomic E-state index is -4.81. The summed E-state index contributed by atoms with van der Waals surface area (Å²) in [6, 6.07) is 19.9. The molecule has 7 atom stereocenters.